The molecule has 1 saturated carbocycles. The molecule has 1 rings (SSSR count). The van der Waals surface area contributed by atoms with Crippen molar-refractivity contribution < 1.29 is 4.79 Å². The third-order valence-corrected chi connectivity index (χ3v) is 3.54. The van der Waals surface area contributed by atoms with Gasteiger partial charge in [-0.05, 0) is 32.6 Å². The normalized spacial score (nSPS) is 25.9. The van der Waals surface area contributed by atoms with Crippen LogP contribution < -0.4 is 5.32 Å². The summed E-state index contributed by atoms with van der Waals surface area (Å²) in [6.45, 7) is 6.83. The molecule has 1 amide bonds. The number of carbonyl (C=O) groups excluding carboxylic acids is 1. The Hall–Kier alpha value is -0.570. The van der Waals surface area contributed by atoms with Gasteiger partial charge in [0.2, 0.25) is 5.91 Å². The zero-order valence-corrected chi connectivity index (χ0v) is 10.4. The van der Waals surface area contributed by atoms with Crippen LogP contribution in [0.4, 0.5) is 0 Å². The lowest BCUT2D eigenvalue weighted by Gasteiger charge is -2.23. The molecule has 0 radical (unpaired) electrons. The van der Waals surface area contributed by atoms with Gasteiger partial charge in [0, 0.05) is 19.1 Å². The van der Waals surface area contributed by atoms with Gasteiger partial charge in [0.25, 0.3) is 0 Å². The van der Waals surface area contributed by atoms with Crippen LogP contribution in [0.15, 0.2) is 0 Å². The number of nitrogens with zero attached hydrogens (tertiary/aromatic N) is 1. The zero-order chi connectivity index (χ0) is 11.4. The SMILES string of the molecule is CC1CCCC1NCC(=O)N(C)C(C)C. The molecule has 0 spiro atoms. The predicted molar refractivity (Wildman–Crippen MR) is 62.7 cm³/mol. The molecular weight excluding hydrogens is 188 g/mol. The van der Waals surface area contributed by atoms with Crippen molar-refractivity contribution >= 4 is 5.91 Å². The van der Waals surface area contributed by atoms with Crippen molar-refractivity contribution in [2.45, 2.75) is 52.1 Å². The van der Waals surface area contributed by atoms with E-state index in [9.17, 15) is 4.79 Å². The van der Waals surface area contributed by atoms with Crippen LogP contribution in [0.1, 0.15) is 40.0 Å². The van der Waals surface area contributed by atoms with Gasteiger partial charge in [0.1, 0.15) is 0 Å². The minimum Gasteiger partial charge on any atom is -0.342 e. The summed E-state index contributed by atoms with van der Waals surface area (Å²) in [6.07, 6.45) is 3.82. The van der Waals surface area contributed by atoms with Crippen molar-refractivity contribution in [1.82, 2.24) is 10.2 Å². The van der Waals surface area contributed by atoms with Crippen molar-refractivity contribution in [2.24, 2.45) is 5.92 Å². The molecule has 2 unspecified atom stereocenters. The smallest absolute Gasteiger partial charge is 0.236 e. The standard InChI is InChI=1S/C12H24N2O/c1-9(2)14(4)12(15)8-13-11-7-5-6-10(11)3/h9-11,13H,5-8H2,1-4H3. The lowest BCUT2D eigenvalue weighted by Crippen LogP contribution is -2.43. The molecule has 0 bridgehead atoms. The van der Waals surface area contributed by atoms with Crippen LogP contribution >= 0.6 is 0 Å². The van der Waals surface area contributed by atoms with Crippen LogP contribution in [0.25, 0.3) is 0 Å². The Balaban J connectivity index is 2.27. The molecule has 15 heavy (non-hydrogen) atoms. The fourth-order valence-electron chi connectivity index (χ4n) is 2.08. The van der Waals surface area contributed by atoms with Crippen LogP contribution in [0.3, 0.4) is 0 Å². The van der Waals surface area contributed by atoms with Crippen LogP contribution in [-0.4, -0.2) is 36.5 Å². The maximum Gasteiger partial charge on any atom is 0.236 e. The number of nitrogens with one attached hydrogen (secondary N) is 1. The minimum atomic E-state index is 0.198. The largest absolute Gasteiger partial charge is 0.342 e. The highest BCUT2D eigenvalue weighted by molar-refractivity contribution is 5.78. The summed E-state index contributed by atoms with van der Waals surface area (Å²) < 4.78 is 0. The first-order valence-corrected chi connectivity index (χ1v) is 6.01. The van der Waals surface area contributed by atoms with Crippen LogP contribution in [0, 0.1) is 5.92 Å². The molecule has 0 aromatic rings. The topological polar surface area (TPSA) is 32.3 Å². The molecule has 1 N–H and O–H groups in total. The Bertz CT molecular complexity index is 216. The second kappa shape index (κ2) is 5.50. The highest BCUT2D eigenvalue weighted by Gasteiger charge is 2.23. The molecule has 1 fully saturated rings. The summed E-state index contributed by atoms with van der Waals surface area (Å²) in [5.74, 6) is 0.922. The Morgan fingerprint density at radius 1 is 1.47 bits per heavy atom. The molecule has 0 aliphatic heterocycles. The highest BCUT2D eigenvalue weighted by atomic mass is 16.2. The summed E-state index contributed by atoms with van der Waals surface area (Å²) in [4.78, 5) is 13.5. The third-order valence-electron chi connectivity index (χ3n) is 3.54. The molecule has 3 heteroatoms. The van der Waals surface area contributed by atoms with Crippen LogP contribution in [0.2, 0.25) is 0 Å². The summed E-state index contributed by atoms with van der Waals surface area (Å²) in [5.41, 5.74) is 0. The molecule has 0 aromatic heterocycles. The number of carbonyl (C=O) groups is 1. The Labute approximate surface area is 93.2 Å². The molecule has 0 heterocycles. The van der Waals surface area contributed by atoms with E-state index in [-0.39, 0.29) is 5.91 Å². The fourth-order valence-corrected chi connectivity index (χ4v) is 2.08. The minimum absolute atomic E-state index is 0.198. The zero-order valence-electron chi connectivity index (χ0n) is 10.4. The molecule has 1 aliphatic rings. The number of hydrogen-bond donors (Lipinski definition) is 1. The van der Waals surface area contributed by atoms with Gasteiger partial charge >= 0.3 is 0 Å². The van der Waals surface area contributed by atoms with E-state index in [1.165, 1.54) is 19.3 Å². The van der Waals surface area contributed by atoms with Gasteiger partial charge in [0.15, 0.2) is 0 Å². The monoisotopic (exact) mass is 212 g/mol. The Morgan fingerprint density at radius 2 is 2.13 bits per heavy atom. The lowest BCUT2D eigenvalue weighted by atomic mass is 10.1. The van der Waals surface area contributed by atoms with Crippen molar-refractivity contribution in [2.75, 3.05) is 13.6 Å². The van der Waals surface area contributed by atoms with E-state index >= 15 is 0 Å². The first-order chi connectivity index (χ1) is 7.02. The van der Waals surface area contributed by atoms with Crippen LogP contribution in [0.5, 0.6) is 0 Å². The van der Waals surface area contributed by atoms with E-state index in [4.69, 9.17) is 0 Å². The quantitative estimate of drug-likeness (QED) is 0.768. The van der Waals surface area contributed by atoms with Crippen molar-refractivity contribution in [3.05, 3.63) is 0 Å². The Kier molecular flexibility index (Phi) is 4.58. The second-order valence-electron chi connectivity index (χ2n) is 4.99. The van der Waals surface area contributed by atoms with Crippen molar-refractivity contribution in [3.8, 4) is 0 Å². The van der Waals surface area contributed by atoms with E-state index in [0.29, 0.717) is 18.6 Å². The molecule has 0 saturated heterocycles. The number of amides is 1. The number of likely N-dealkylation sites (N-methyl/N-ethyl adjacent to an activating group) is 1. The van der Waals surface area contributed by atoms with Gasteiger partial charge in [0.05, 0.1) is 6.54 Å². The summed E-state index contributed by atoms with van der Waals surface area (Å²) in [5, 5.41) is 3.38. The predicted octanol–water partition coefficient (Wildman–Crippen LogP) is 1.63. The maximum atomic E-state index is 11.7. The lowest BCUT2D eigenvalue weighted by molar-refractivity contribution is -0.130. The average Bonchev–Trinajstić information content (AvgIpc) is 2.59. The fraction of sp³-hybridized carbons (Fsp3) is 0.917. The summed E-state index contributed by atoms with van der Waals surface area (Å²) in [6, 6.07) is 0.842. The van der Waals surface area contributed by atoms with Gasteiger partial charge in [-0.25, -0.2) is 0 Å². The van der Waals surface area contributed by atoms with Crippen molar-refractivity contribution in [1.29, 1.82) is 0 Å². The highest BCUT2D eigenvalue weighted by Crippen LogP contribution is 2.24. The van der Waals surface area contributed by atoms with E-state index < -0.39 is 0 Å². The molecule has 0 aromatic carbocycles. The first-order valence-electron chi connectivity index (χ1n) is 6.01. The van der Waals surface area contributed by atoms with Crippen LogP contribution in [-0.2, 0) is 4.79 Å². The molecular formula is C12H24N2O. The van der Waals surface area contributed by atoms with E-state index in [1.807, 2.05) is 20.9 Å². The van der Waals surface area contributed by atoms with E-state index in [0.717, 1.165) is 5.92 Å². The van der Waals surface area contributed by atoms with Gasteiger partial charge in [-0.3, -0.25) is 4.79 Å². The second-order valence-corrected chi connectivity index (χ2v) is 4.99. The van der Waals surface area contributed by atoms with E-state index in [1.54, 1.807) is 4.90 Å². The molecule has 88 valence electrons. The average molecular weight is 212 g/mol. The maximum absolute atomic E-state index is 11.7. The van der Waals surface area contributed by atoms with Gasteiger partial charge in [-0.15, -0.1) is 0 Å². The Morgan fingerprint density at radius 3 is 2.60 bits per heavy atom. The first kappa shape index (κ1) is 12.5. The third kappa shape index (κ3) is 3.49. The van der Waals surface area contributed by atoms with Gasteiger partial charge in [-0.2, -0.15) is 0 Å². The van der Waals surface area contributed by atoms with E-state index in [2.05, 4.69) is 12.2 Å². The number of rotatable bonds is 4. The van der Waals surface area contributed by atoms with Gasteiger partial charge < -0.3 is 10.2 Å². The van der Waals surface area contributed by atoms with Crippen molar-refractivity contribution in [3.63, 3.8) is 0 Å². The molecule has 2 atom stereocenters. The van der Waals surface area contributed by atoms with Gasteiger partial charge in [-0.1, -0.05) is 13.3 Å². The summed E-state index contributed by atoms with van der Waals surface area (Å²) >= 11 is 0. The molecule has 3 nitrogen and oxygen atoms in total. The molecule has 1 aliphatic carbocycles. The number of hydrogen-bond acceptors (Lipinski definition) is 2. The summed E-state index contributed by atoms with van der Waals surface area (Å²) in [7, 11) is 1.87.